The van der Waals surface area contributed by atoms with Crippen molar-refractivity contribution in [1.82, 2.24) is 5.32 Å². The van der Waals surface area contributed by atoms with Crippen LogP contribution in [0.15, 0.2) is 12.7 Å². The predicted octanol–water partition coefficient (Wildman–Crippen LogP) is 5.45. The van der Waals surface area contributed by atoms with Gasteiger partial charge >= 0.3 is 59.7 Å². The molecule has 5 nitrogen and oxygen atoms in total. The van der Waals surface area contributed by atoms with E-state index >= 15 is 0 Å². The van der Waals surface area contributed by atoms with Crippen molar-refractivity contribution in [2.24, 2.45) is 0 Å². The molecule has 37 heavy (non-hydrogen) atoms. The largest absolute Gasteiger partial charge is 0.461 e. The molecule has 218 valence electrons. The number of esters is 1. The summed E-state index contributed by atoms with van der Waals surface area (Å²) in [5, 5.41) is 1.33. The maximum Gasteiger partial charge on any atom is 0.460 e. The van der Waals surface area contributed by atoms with E-state index in [0.29, 0.717) is 6.08 Å². The normalized spacial score (nSPS) is 14.7. The summed E-state index contributed by atoms with van der Waals surface area (Å²) >= 11 is 0. The SMILES string of the molecule is C=CC(=O)OCCNC(=O)OCC(F)(F)C(F)(F)C(F)(F)C(F)(F)C(F)(F)C(F)(F)C(F)(F)C(F)(F)F. The molecule has 0 aromatic rings. The summed E-state index contributed by atoms with van der Waals surface area (Å²) in [7, 11) is 0. The Morgan fingerprint density at radius 3 is 1.38 bits per heavy atom. The molecule has 0 aromatic carbocycles. The van der Waals surface area contributed by atoms with Gasteiger partial charge in [-0.25, -0.2) is 9.59 Å². The van der Waals surface area contributed by atoms with Crippen molar-refractivity contribution in [2.75, 3.05) is 19.8 Å². The Bertz CT molecular complexity index is 852. The maximum atomic E-state index is 13.6. The molecule has 0 saturated carbocycles. The Kier molecular flexibility index (Phi) is 9.47. The van der Waals surface area contributed by atoms with E-state index in [9.17, 15) is 84.2 Å². The smallest absolute Gasteiger partial charge is 0.460 e. The molecule has 0 fully saturated rings. The molecule has 1 N–H and O–H groups in total. The van der Waals surface area contributed by atoms with Gasteiger partial charge in [0.05, 0.1) is 6.54 Å². The van der Waals surface area contributed by atoms with E-state index in [0.717, 1.165) is 0 Å². The molecule has 0 atom stereocenters. The Hall–Kier alpha value is -2.71. The molecular weight excluding hydrogens is 581 g/mol. The fourth-order valence-corrected chi connectivity index (χ4v) is 1.86. The first kappa shape index (κ1) is 34.3. The summed E-state index contributed by atoms with van der Waals surface area (Å²) in [5.41, 5.74) is 0. The maximum absolute atomic E-state index is 13.6. The molecule has 0 rings (SSSR count). The topological polar surface area (TPSA) is 64.6 Å². The minimum absolute atomic E-state index is 0.584. The summed E-state index contributed by atoms with van der Waals surface area (Å²) in [4.78, 5) is 21.7. The van der Waals surface area contributed by atoms with Crippen LogP contribution in [-0.2, 0) is 14.3 Å². The number of alkyl carbamates (subject to hydrolysis) is 1. The van der Waals surface area contributed by atoms with Gasteiger partial charge in [-0.15, -0.1) is 0 Å². The highest BCUT2D eigenvalue weighted by Crippen LogP contribution is 2.63. The molecule has 0 bridgehead atoms. The molecule has 0 radical (unpaired) electrons. The molecule has 0 aliphatic rings. The Morgan fingerprint density at radius 2 is 1.00 bits per heavy atom. The van der Waals surface area contributed by atoms with Crippen LogP contribution in [0.4, 0.5) is 79.4 Å². The number of hydrogen-bond donors (Lipinski definition) is 1. The molecule has 22 heteroatoms. The predicted molar refractivity (Wildman–Crippen MR) is 81.2 cm³/mol. The van der Waals surface area contributed by atoms with E-state index < -0.39 is 79.5 Å². The number of carbonyl (C=O) groups is 2. The number of hydrogen-bond acceptors (Lipinski definition) is 4. The number of amides is 1. The zero-order valence-electron chi connectivity index (χ0n) is 17.0. The second kappa shape index (κ2) is 10.2. The van der Waals surface area contributed by atoms with E-state index in [2.05, 4.69) is 16.1 Å². The first-order chi connectivity index (χ1) is 16.1. The van der Waals surface area contributed by atoms with Gasteiger partial charge < -0.3 is 14.8 Å². The quantitative estimate of drug-likeness (QED) is 0.142. The van der Waals surface area contributed by atoms with Gasteiger partial charge in [-0.3, -0.25) is 0 Å². The highest BCUT2D eigenvalue weighted by Gasteiger charge is 2.95. The number of ether oxygens (including phenoxy) is 2. The van der Waals surface area contributed by atoms with E-state index in [1.165, 1.54) is 5.32 Å². The van der Waals surface area contributed by atoms with Crippen LogP contribution in [-0.4, -0.2) is 79.5 Å². The molecule has 0 aliphatic carbocycles. The van der Waals surface area contributed by atoms with Crippen molar-refractivity contribution in [3.63, 3.8) is 0 Å². The van der Waals surface area contributed by atoms with Gasteiger partial charge in [-0.1, -0.05) is 6.58 Å². The van der Waals surface area contributed by atoms with Gasteiger partial charge in [-0.2, -0.15) is 74.6 Å². The fourth-order valence-electron chi connectivity index (χ4n) is 1.86. The minimum atomic E-state index is -8.75. The van der Waals surface area contributed by atoms with Gasteiger partial charge in [0.1, 0.15) is 6.61 Å². The third kappa shape index (κ3) is 5.75. The lowest BCUT2D eigenvalue weighted by Crippen LogP contribution is -2.74. The lowest BCUT2D eigenvalue weighted by atomic mass is 9.89. The van der Waals surface area contributed by atoms with Crippen LogP contribution in [0, 0.1) is 0 Å². The molecule has 0 aliphatic heterocycles. The summed E-state index contributed by atoms with van der Waals surface area (Å²) < 4.78 is 230. The number of alkyl halides is 17. The lowest BCUT2D eigenvalue weighted by Gasteiger charge is -2.42. The van der Waals surface area contributed by atoms with Gasteiger partial charge in [0.2, 0.25) is 0 Å². The molecule has 0 saturated heterocycles. The second-order valence-corrected chi connectivity index (χ2v) is 6.52. The van der Waals surface area contributed by atoms with Crippen molar-refractivity contribution < 1.29 is 93.7 Å². The molecule has 1 amide bonds. The van der Waals surface area contributed by atoms with Crippen molar-refractivity contribution >= 4 is 12.1 Å². The van der Waals surface area contributed by atoms with Gasteiger partial charge in [0.25, 0.3) is 0 Å². The van der Waals surface area contributed by atoms with Crippen LogP contribution in [0.3, 0.4) is 0 Å². The zero-order chi connectivity index (χ0) is 30.1. The third-order valence-electron chi connectivity index (χ3n) is 3.95. The fraction of sp³-hybridized carbons (Fsp3) is 0.733. The minimum Gasteiger partial charge on any atom is -0.461 e. The van der Waals surface area contributed by atoms with Crippen LogP contribution < -0.4 is 5.32 Å². The highest BCUT2D eigenvalue weighted by atomic mass is 19.4. The summed E-state index contributed by atoms with van der Waals surface area (Å²) in [5.74, 6) is -58.8. The molecule has 0 heterocycles. The van der Waals surface area contributed by atoms with Crippen molar-refractivity contribution in [1.29, 1.82) is 0 Å². The first-order valence-corrected chi connectivity index (χ1v) is 8.51. The van der Waals surface area contributed by atoms with Crippen LogP contribution in [0.1, 0.15) is 0 Å². The Labute approximate surface area is 192 Å². The standard InChI is InChI=1S/C15H10F17NO4/c1-2-6(34)36-4-3-33-7(35)37-5-8(16,17)9(18,19)10(20,21)11(22,23)12(24,25)13(26,27)14(28,29)15(30,31)32/h2H,1,3-5H2,(H,33,35). The van der Waals surface area contributed by atoms with Crippen LogP contribution in [0.25, 0.3) is 0 Å². The van der Waals surface area contributed by atoms with Crippen LogP contribution in [0.2, 0.25) is 0 Å². The molecule has 0 unspecified atom stereocenters. The molecule has 0 spiro atoms. The lowest BCUT2D eigenvalue weighted by molar-refractivity contribution is -0.462. The Balaban J connectivity index is 5.96. The Morgan fingerprint density at radius 1 is 0.622 bits per heavy atom. The van der Waals surface area contributed by atoms with Crippen LogP contribution in [0.5, 0.6) is 0 Å². The number of nitrogens with one attached hydrogen (secondary N) is 1. The van der Waals surface area contributed by atoms with E-state index in [4.69, 9.17) is 0 Å². The van der Waals surface area contributed by atoms with E-state index in [-0.39, 0.29) is 0 Å². The monoisotopic (exact) mass is 591 g/mol. The number of carbonyl (C=O) groups excluding carboxylic acids is 2. The summed E-state index contributed by atoms with van der Waals surface area (Å²) in [6, 6.07) is 0. The van der Waals surface area contributed by atoms with Crippen molar-refractivity contribution in [3.8, 4) is 0 Å². The average molecular weight is 591 g/mol. The molecule has 0 aromatic heterocycles. The summed E-state index contributed by atoms with van der Waals surface area (Å²) in [6.07, 6.45) is -9.51. The van der Waals surface area contributed by atoms with Gasteiger partial charge in [0, 0.05) is 6.08 Å². The third-order valence-corrected chi connectivity index (χ3v) is 3.95. The summed E-state index contributed by atoms with van der Waals surface area (Å²) in [6.45, 7) is -2.11. The highest BCUT2D eigenvalue weighted by molar-refractivity contribution is 5.81. The van der Waals surface area contributed by atoms with Crippen LogP contribution >= 0.6 is 0 Å². The zero-order valence-corrected chi connectivity index (χ0v) is 17.0. The van der Waals surface area contributed by atoms with Gasteiger partial charge in [0.15, 0.2) is 6.61 Å². The van der Waals surface area contributed by atoms with E-state index in [1.807, 2.05) is 0 Å². The first-order valence-electron chi connectivity index (χ1n) is 8.51. The van der Waals surface area contributed by atoms with Gasteiger partial charge in [-0.05, 0) is 0 Å². The second-order valence-electron chi connectivity index (χ2n) is 6.52. The van der Waals surface area contributed by atoms with Crippen molar-refractivity contribution in [3.05, 3.63) is 12.7 Å². The average Bonchev–Trinajstić information content (AvgIpc) is 2.73. The molecular formula is C15H10F17NO4. The van der Waals surface area contributed by atoms with Crippen molar-refractivity contribution in [2.45, 2.75) is 47.6 Å². The van der Waals surface area contributed by atoms with E-state index in [1.54, 1.807) is 0 Å². The number of rotatable bonds is 12. The number of halogens is 17.